The van der Waals surface area contributed by atoms with Gasteiger partial charge in [-0.2, -0.15) is 0 Å². The summed E-state index contributed by atoms with van der Waals surface area (Å²) in [6.45, 7) is 4.77. The van der Waals surface area contributed by atoms with Crippen molar-refractivity contribution in [3.05, 3.63) is 64.4 Å². The summed E-state index contributed by atoms with van der Waals surface area (Å²) >= 11 is 1.81. The Hall–Kier alpha value is -1.84. The van der Waals surface area contributed by atoms with Gasteiger partial charge in [0.2, 0.25) is 0 Å². The van der Waals surface area contributed by atoms with Crippen molar-refractivity contribution in [1.82, 2.24) is 0 Å². The molecule has 0 amide bonds. The molecule has 0 unspecified atom stereocenters. The van der Waals surface area contributed by atoms with Gasteiger partial charge in [0.15, 0.2) is 0 Å². The maximum atomic E-state index is 5.71. The summed E-state index contributed by atoms with van der Waals surface area (Å²) in [5.74, 6) is 0. The second-order valence-corrected chi connectivity index (χ2v) is 6.34. The van der Waals surface area contributed by atoms with Crippen molar-refractivity contribution in [3.8, 4) is 0 Å². The first kappa shape index (κ1) is 14.1. The highest BCUT2D eigenvalue weighted by Crippen LogP contribution is 2.29. The van der Waals surface area contributed by atoms with E-state index in [2.05, 4.69) is 66.4 Å². The normalized spacial score (nSPS) is 11.0. The molecule has 3 rings (SSSR count). The van der Waals surface area contributed by atoms with E-state index < -0.39 is 0 Å². The molecule has 0 saturated carbocycles. The monoisotopic (exact) mass is 296 g/mol. The third-order valence-corrected chi connectivity index (χ3v) is 4.85. The van der Waals surface area contributed by atoms with Crippen LogP contribution < -0.4 is 10.6 Å². The molecule has 0 aliphatic rings. The summed E-state index contributed by atoms with van der Waals surface area (Å²) < 4.78 is 0. The number of nitrogens with zero attached hydrogens (tertiary/aromatic N) is 1. The van der Waals surface area contributed by atoms with Crippen molar-refractivity contribution in [2.75, 3.05) is 11.4 Å². The summed E-state index contributed by atoms with van der Waals surface area (Å²) in [6, 6.07) is 19.4. The van der Waals surface area contributed by atoms with Gasteiger partial charge in [-0.05, 0) is 30.5 Å². The van der Waals surface area contributed by atoms with E-state index in [1.165, 1.54) is 26.2 Å². The zero-order valence-electron chi connectivity index (χ0n) is 12.3. The highest BCUT2D eigenvalue weighted by Gasteiger charge is 2.10. The van der Waals surface area contributed by atoms with E-state index in [-0.39, 0.29) is 0 Å². The van der Waals surface area contributed by atoms with E-state index in [1.807, 2.05) is 11.3 Å². The van der Waals surface area contributed by atoms with Crippen LogP contribution in [0.15, 0.2) is 54.6 Å². The van der Waals surface area contributed by atoms with Gasteiger partial charge in [0.25, 0.3) is 0 Å². The Labute approximate surface area is 129 Å². The minimum absolute atomic E-state index is 0.630. The predicted octanol–water partition coefficient (Wildman–Crippen LogP) is 4.39. The molecule has 2 aromatic carbocycles. The number of anilines is 1. The van der Waals surface area contributed by atoms with Gasteiger partial charge >= 0.3 is 0 Å². The van der Waals surface area contributed by atoms with Crippen molar-refractivity contribution in [1.29, 1.82) is 0 Å². The van der Waals surface area contributed by atoms with Crippen molar-refractivity contribution >= 4 is 27.8 Å². The largest absolute Gasteiger partial charge is 0.366 e. The summed E-state index contributed by atoms with van der Waals surface area (Å²) in [4.78, 5) is 5.04. The van der Waals surface area contributed by atoms with Crippen LogP contribution in [0.25, 0.3) is 10.8 Å². The van der Waals surface area contributed by atoms with Gasteiger partial charge in [-0.15, -0.1) is 11.3 Å². The second-order valence-electron chi connectivity index (χ2n) is 5.08. The van der Waals surface area contributed by atoms with E-state index in [9.17, 15) is 0 Å². The molecule has 2 nitrogen and oxygen atoms in total. The lowest BCUT2D eigenvalue weighted by Gasteiger charge is -2.24. The Morgan fingerprint density at radius 1 is 0.952 bits per heavy atom. The summed E-state index contributed by atoms with van der Waals surface area (Å²) in [5.41, 5.74) is 7.01. The van der Waals surface area contributed by atoms with E-state index in [4.69, 9.17) is 5.73 Å². The van der Waals surface area contributed by atoms with Crippen LogP contribution in [0.5, 0.6) is 0 Å². The van der Waals surface area contributed by atoms with Crippen LogP contribution in [0, 0.1) is 0 Å². The first-order valence-corrected chi connectivity index (χ1v) is 8.14. The third-order valence-electron chi connectivity index (χ3n) is 3.75. The number of hydrogen-bond acceptors (Lipinski definition) is 3. The third kappa shape index (κ3) is 2.94. The topological polar surface area (TPSA) is 29.3 Å². The molecule has 0 aliphatic carbocycles. The molecular formula is C18H20N2S. The van der Waals surface area contributed by atoms with Crippen molar-refractivity contribution < 1.29 is 0 Å². The van der Waals surface area contributed by atoms with Crippen LogP contribution in [0.2, 0.25) is 0 Å². The molecule has 108 valence electrons. The minimum atomic E-state index is 0.630. The SMILES string of the molecule is CCN(Cc1ccc(CN)s1)c1cccc2ccccc12. The molecule has 3 heteroatoms. The molecule has 0 spiro atoms. The molecule has 0 fully saturated rings. The lowest BCUT2D eigenvalue weighted by molar-refractivity contribution is 0.847. The van der Waals surface area contributed by atoms with Crippen molar-refractivity contribution in [3.63, 3.8) is 0 Å². The Bertz CT molecular complexity index is 727. The summed E-state index contributed by atoms with van der Waals surface area (Å²) in [7, 11) is 0. The van der Waals surface area contributed by atoms with Crippen LogP contribution >= 0.6 is 11.3 Å². The Morgan fingerprint density at radius 2 is 1.71 bits per heavy atom. The lowest BCUT2D eigenvalue weighted by atomic mass is 10.1. The fourth-order valence-corrected chi connectivity index (χ4v) is 3.57. The number of benzene rings is 2. The van der Waals surface area contributed by atoms with Crippen LogP contribution in [-0.2, 0) is 13.1 Å². The predicted molar refractivity (Wildman–Crippen MR) is 92.9 cm³/mol. The fraction of sp³-hybridized carbons (Fsp3) is 0.222. The van der Waals surface area contributed by atoms with E-state index in [0.717, 1.165) is 13.1 Å². The Balaban J connectivity index is 1.94. The molecule has 3 aromatic rings. The summed E-state index contributed by atoms with van der Waals surface area (Å²) in [6.07, 6.45) is 0. The van der Waals surface area contributed by atoms with Gasteiger partial charge in [0.1, 0.15) is 0 Å². The molecule has 2 N–H and O–H groups in total. The quantitative estimate of drug-likeness (QED) is 0.756. The summed E-state index contributed by atoms with van der Waals surface area (Å²) in [5, 5.41) is 2.61. The molecule has 0 aliphatic heterocycles. The van der Waals surface area contributed by atoms with Gasteiger partial charge in [-0.3, -0.25) is 0 Å². The lowest BCUT2D eigenvalue weighted by Crippen LogP contribution is -2.21. The van der Waals surface area contributed by atoms with Crippen molar-refractivity contribution in [2.45, 2.75) is 20.0 Å². The zero-order valence-corrected chi connectivity index (χ0v) is 13.1. The number of thiophene rings is 1. The Kier molecular flexibility index (Phi) is 4.23. The smallest absolute Gasteiger partial charge is 0.0522 e. The van der Waals surface area contributed by atoms with E-state index >= 15 is 0 Å². The van der Waals surface area contributed by atoms with E-state index in [0.29, 0.717) is 6.54 Å². The van der Waals surface area contributed by atoms with Crippen LogP contribution in [-0.4, -0.2) is 6.54 Å². The van der Waals surface area contributed by atoms with Gasteiger partial charge in [0, 0.05) is 33.9 Å². The maximum Gasteiger partial charge on any atom is 0.0522 e. The zero-order chi connectivity index (χ0) is 14.7. The molecule has 21 heavy (non-hydrogen) atoms. The molecule has 1 aromatic heterocycles. The van der Waals surface area contributed by atoms with Crippen LogP contribution in [0.4, 0.5) is 5.69 Å². The first-order valence-electron chi connectivity index (χ1n) is 7.32. The minimum Gasteiger partial charge on any atom is -0.366 e. The average molecular weight is 296 g/mol. The first-order chi connectivity index (χ1) is 10.3. The van der Waals surface area contributed by atoms with Gasteiger partial charge in [-0.25, -0.2) is 0 Å². The molecule has 0 bridgehead atoms. The number of fused-ring (bicyclic) bond motifs is 1. The highest BCUT2D eigenvalue weighted by molar-refractivity contribution is 7.12. The number of rotatable bonds is 5. The van der Waals surface area contributed by atoms with E-state index in [1.54, 1.807) is 0 Å². The molecule has 0 atom stereocenters. The van der Waals surface area contributed by atoms with Gasteiger partial charge < -0.3 is 10.6 Å². The van der Waals surface area contributed by atoms with Gasteiger partial charge in [0.05, 0.1) is 6.54 Å². The second kappa shape index (κ2) is 6.29. The van der Waals surface area contributed by atoms with Crippen molar-refractivity contribution in [2.24, 2.45) is 5.73 Å². The Morgan fingerprint density at radius 3 is 2.48 bits per heavy atom. The fourth-order valence-electron chi connectivity index (χ4n) is 2.66. The molecular weight excluding hydrogens is 276 g/mol. The standard InChI is InChI=1S/C18H20N2S/c1-2-20(13-16-11-10-15(12-19)21-16)18-9-5-7-14-6-3-4-8-17(14)18/h3-11H,2,12-13,19H2,1H3. The maximum absolute atomic E-state index is 5.71. The molecule has 1 heterocycles. The van der Waals surface area contributed by atoms with Crippen LogP contribution in [0.1, 0.15) is 16.7 Å². The number of nitrogens with two attached hydrogens (primary N) is 1. The highest BCUT2D eigenvalue weighted by atomic mass is 32.1. The average Bonchev–Trinajstić information content (AvgIpc) is 3.00. The van der Waals surface area contributed by atoms with Gasteiger partial charge in [-0.1, -0.05) is 36.4 Å². The molecule has 0 saturated heterocycles. The molecule has 0 radical (unpaired) electrons. The van der Waals surface area contributed by atoms with Crippen LogP contribution in [0.3, 0.4) is 0 Å². The number of hydrogen-bond donors (Lipinski definition) is 1.